The SMILES string of the molecule is Nc1ccc2c(c1)CCCC2NC(=O)c1ccccc1C(F)(F)F. The van der Waals surface area contributed by atoms with Gasteiger partial charge in [-0.2, -0.15) is 13.2 Å². The van der Waals surface area contributed by atoms with E-state index < -0.39 is 17.6 Å². The fourth-order valence-corrected chi connectivity index (χ4v) is 3.15. The Balaban J connectivity index is 1.88. The van der Waals surface area contributed by atoms with Crippen LogP contribution in [0.5, 0.6) is 0 Å². The van der Waals surface area contributed by atoms with Crippen molar-refractivity contribution in [1.29, 1.82) is 0 Å². The van der Waals surface area contributed by atoms with Crippen LogP contribution in [0.25, 0.3) is 0 Å². The summed E-state index contributed by atoms with van der Waals surface area (Å²) in [5, 5.41) is 2.74. The third-order valence-corrected chi connectivity index (χ3v) is 4.26. The van der Waals surface area contributed by atoms with Crippen LogP contribution in [-0.2, 0) is 12.6 Å². The summed E-state index contributed by atoms with van der Waals surface area (Å²) in [4.78, 5) is 12.4. The van der Waals surface area contributed by atoms with Gasteiger partial charge in [0.2, 0.25) is 0 Å². The molecule has 126 valence electrons. The number of nitrogen functional groups attached to an aromatic ring is 1. The van der Waals surface area contributed by atoms with E-state index in [9.17, 15) is 18.0 Å². The second-order valence-electron chi connectivity index (χ2n) is 5.92. The number of hydrogen-bond acceptors (Lipinski definition) is 2. The number of halogens is 3. The van der Waals surface area contributed by atoms with Crippen LogP contribution in [0.4, 0.5) is 18.9 Å². The van der Waals surface area contributed by atoms with Crippen molar-refractivity contribution in [2.75, 3.05) is 5.73 Å². The van der Waals surface area contributed by atoms with E-state index >= 15 is 0 Å². The summed E-state index contributed by atoms with van der Waals surface area (Å²) in [5.41, 5.74) is 7.10. The number of carbonyl (C=O) groups is 1. The van der Waals surface area contributed by atoms with Crippen molar-refractivity contribution in [2.45, 2.75) is 31.5 Å². The molecule has 0 bridgehead atoms. The van der Waals surface area contributed by atoms with E-state index in [1.54, 1.807) is 6.07 Å². The number of carbonyl (C=O) groups excluding carboxylic acids is 1. The molecule has 3 rings (SSSR count). The second kappa shape index (κ2) is 6.19. The van der Waals surface area contributed by atoms with Gasteiger partial charge in [0.25, 0.3) is 5.91 Å². The van der Waals surface area contributed by atoms with Crippen LogP contribution >= 0.6 is 0 Å². The summed E-state index contributed by atoms with van der Waals surface area (Å²) >= 11 is 0. The van der Waals surface area contributed by atoms with Crippen molar-refractivity contribution in [2.24, 2.45) is 0 Å². The van der Waals surface area contributed by atoms with Crippen LogP contribution < -0.4 is 11.1 Å². The molecule has 0 radical (unpaired) electrons. The summed E-state index contributed by atoms with van der Waals surface area (Å²) < 4.78 is 39.2. The van der Waals surface area contributed by atoms with E-state index in [1.165, 1.54) is 18.2 Å². The predicted octanol–water partition coefficient (Wildman–Crippen LogP) is 4.10. The number of benzene rings is 2. The fourth-order valence-electron chi connectivity index (χ4n) is 3.15. The summed E-state index contributed by atoms with van der Waals surface area (Å²) in [5.74, 6) is -0.711. The van der Waals surface area contributed by atoms with Gasteiger partial charge in [-0.3, -0.25) is 4.79 Å². The van der Waals surface area contributed by atoms with Crippen LogP contribution in [0, 0.1) is 0 Å². The maximum atomic E-state index is 13.1. The smallest absolute Gasteiger partial charge is 0.399 e. The molecule has 1 amide bonds. The molecule has 1 atom stereocenters. The van der Waals surface area contributed by atoms with Crippen LogP contribution in [0.15, 0.2) is 42.5 Å². The average Bonchev–Trinajstić information content (AvgIpc) is 2.54. The number of anilines is 1. The zero-order chi connectivity index (χ0) is 17.3. The molecule has 24 heavy (non-hydrogen) atoms. The number of amides is 1. The zero-order valence-electron chi connectivity index (χ0n) is 12.9. The third-order valence-electron chi connectivity index (χ3n) is 4.26. The highest BCUT2D eigenvalue weighted by molar-refractivity contribution is 5.96. The standard InChI is InChI=1S/C18H17F3N2O/c19-18(20,21)15-6-2-1-5-14(15)17(24)23-16-7-3-4-11-10-12(22)8-9-13(11)16/h1-2,5-6,8-10,16H,3-4,7,22H2,(H,23,24). The molecule has 2 aromatic rings. The largest absolute Gasteiger partial charge is 0.417 e. The van der Waals surface area contributed by atoms with Crippen molar-refractivity contribution in [3.05, 3.63) is 64.7 Å². The number of hydrogen-bond donors (Lipinski definition) is 2. The van der Waals surface area contributed by atoms with E-state index in [0.717, 1.165) is 30.0 Å². The second-order valence-corrected chi connectivity index (χ2v) is 5.92. The Morgan fingerprint density at radius 2 is 1.92 bits per heavy atom. The van der Waals surface area contributed by atoms with Gasteiger partial charge < -0.3 is 11.1 Å². The van der Waals surface area contributed by atoms with Gasteiger partial charge in [0.1, 0.15) is 0 Å². The Hall–Kier alpha value is -2.50. The number of aryl methyl sites for hydroxylation is 1. The van der Waals surface area contributed by atoms with Gasteiger partial charge in [-0.25, -0.2) is 0 Å². The minimum atomic E-state index is -4.56. The molecule has 1 aliphatic carbocycles. The van der Waals surface area contributed by atoms with E-state index in [-0.39, 0.29) is 11.6 Å². The molecule has 0 aromatic heterocycles. The minimum Gasteiger partial charge on any atom is -0.399 e. The Labute approximate surface area is 137 Å². The number of nitrogens with one attached hydrogen (secondary N) is 1. The molecule has 0 heterocycles. The highest BCUT2D eigenvalue weighted by Gasteiger charge is 2.35. The van der Waals surface area contributed by atoms with E-state index in [1.807, 2.05) is 12.1 Å². The van der Waals surface area contributed by atoms with Gasteiger partial charge in [-0.05, 0) is 54.7 Å². The average molecular weight is 334 g/mol. The first-order valence-electron chi connectivity index (χ1n) is 7.71. The molecule has 0 saturated heterocycles. The first-order chi connectivity index (χ1) is 11.4. The van der Waals surface area contributed by atoms with Crippen molar-refractivity contribution in [3.8, 4) is 0 Å². The maximum Gasteiger partial charge on any atom is 0.417 e. The van der Waals surface area contributed by atoms with Crippen LogP contribution in [0.1, 0.15) is 45.9 Å². The molecule has 2 aromatic carbocycles. The molecule has 0 aliphatic heterocycles. The predicted molar refractivity (Wildman–Crippen MR) is 85.4 cm³/mol. The zero-order valence-corrected chi connectivity index (χ0v) is 12.9. The van der Waals surface area contributed by atoms with Gasteiger partial charge in [0.15, 0.2) is 0 Å². The Morgan fingerprint density at radius 3 is 2.67 bits per heavy atom. The number of alkyl halides is 3. The highest BCUT2D eigenvalue weighted by atomic mass is 19.4. The van der Waals surface area contributed by atoms with Gasteiger partial charge in [0, 0.05) is 5.69 Å². The van der Waals surface area contributed by atoms with Crippen LogP contribution in [0.3, 0.4) is 0 Å². The summed E-state index contributed by atoms with van der Waals surface area (Å²) in [6.45, 7) is 0. The molecular weight excluding hydrogens is 317 g/mol. The molecule has 1 unspecified atom stereocenters. The van der Waals surface area contributed by atoms with Gasteiger partial charge in [-0.15, -0.1) is 0 Å². The van der Waals surface area contributed by atoms with Crippen LogP contribution in [-0.4, -0.2) is 5.91 Å². The topological polar surface area (TPSA) is 55.1 Å². The van der Waals surface area contributed by atoms with Gasteiger partial charge >= 0.3 is 6.18 Å². The van der Waals surface area contributed by atoms with Crippen LogP contribution in [0.2, 0.25) is 0 Å². The lowest BCUT2D eigenvalue weighted by Gasteiger charge is -2.27. The summed E-state index contributed by atoms with van der Waals surface area (Å²) in [6, 6.07) is 9.96. The van der Waals surface area contributed by atoms with Crippen molar-refractivity contribution < 1.29 is 18.0 Å². The molecule has 0 fully saturated rings. The lowest BCUT2D eigenvalue weighted by atomic mass is 9.87. The highest BCUT2D eigenvalue weighted by Crippen LogP contribution is 2.34. The molecule has 3 N–H and O–H groups in total. The first-order valence-corrected chi connectivity index (χ1v) is 7.71. The van der Waals surface area contributed by atoms with Crippen molar-refractivity contribution in [3.63, 3.8) is 0 Å². The Kier molecular flexibility index (Phi) is 4.22. The van der Waals surface area contributed by atoms with Crippen molar-refractivity contribution >= 4 is 11.6 Å². The molecule has 6 heteroatoms. The maximum absolute atomic E-state index is 13.1. The number of nitrogens with two attached hydrogens (primary N) is 1. The Morgan fingerprint density at radius 1 is 1.17 bits per heavy atom. The molecule has 0 spiro atoms. The molecule has 1 aliphatic rings. The third kappa shape index (κ3) is 3.22. The van der Waals surface area contributed by atoms with Gasteiger partial charge in [-0.1, -0.05) is 18.2 Å². The summed E-state index contributed by atoms with van der Waals surface area (Å²) in [7, 11) is 0. The fraction of sp³-hybridized carbons (Fsp3) is 0.278. The monoisotopic (exact) mass is 334 g/mol. The number of fused-ring (bicyclic) bond motifs is 1. The molecule has 3 nitrogen and oxygen atoms in total. The van der Waals surface area contributed by atoms with Gasteiger partial charge in [0.05, 0.1) is 17.2 Å². The lowest BCUT2D eigenvalue weighted by molar-refractivity contribution is -0.137. The van der Waals surface area contributed by atoms with E-state index in [0.29, 0.717) is 12.1 Å². The van der Waals surface area contributed by atoms with E-state index in [4.69, 9.17) is 5.73 Å². The summed E-state index contributed by atoms with van der Waals surface area (Å²) in [6.07, 6.45) is -2.17. The minimum absolute atomic E-state index is 0.303. The normalized spacial score (nSPS) is 17.2. The van der Waals surface area contributed by atoms with E-state index in [2.05, 4.69) is 5.32 Å². The Bertz CT molecular complexity index is 771. The lowest BCUT2D eigenvalue weighted by Crippen LogP contribution is -2.32. The quantitative estimate of drug-likeness (QED) is 0.813. The van der Waals surface area contributed by atoms with Crippen molar-refractivity contribution in [1.82, 2.24) is 5.32 Å². The first kappa shape index (κ1) is 16.4. The molecule has 0 saturated carbocycles. The molecular formula is C18H17F3N2O. The number of rotatable bonds is 2.